The Balaban J connectivity index is 5.97. The lowest BCUT2D eigenvalue weighted by atomic mass is 10.0. The number of carbonyl (C=O) groups excluding carboxylic acids is 5. The summed E-state index contributed by atoms with van der Waals surface area (Å²) in [6, 6.07) is -7.09. The molecule has 0 heterocycles. The van der Waals surface area contributed by atoms with Gasteiger partial charge in [-0.15, -0.1) is 0 Å². The maximum atomic E-state index is 13.6. The minimum atomic E-state index is -1.40. The average molecular weight is 721 g/mol. The second kappa shape index (κ2) is 27.7. The minimum absolute atomic E-state index is 0.126. The van der Waals surface area contributed by atoms with Crippen molar-refractivity contribution in [3.8, 4) is 0 Å². The number of aliphatic carboxylic acids is 1. The highest BCUT2D eigenvalue weighted by atomic mass is 32.1. The largest absolute Gasteiger partial charge is 0.480 e. The number of amides is 5. The Morgan fingerprint density at radius 1 is 0.490 bits per heavy atom. The molecule has 0 bridgehead atoms. The molecule has 0 fully saturated rings. The van der Waals surface area contributed by atoms with Gasteiger partial charge in [0.2, 0.25) is 29.5 Å². The fraction of sp³-hybridized carbons (Fsp3) is 0.800. The van der Waals surface area contributed by atoms with Crippen molar-refractivity contribution in [2.24, 2.45) is 28.7 Å². The van der Waals surface area contributed by atoms with Crippen molar-refractivity contribution in [1.82, 2.24) is 26.6 Å². The van der Waals surface area contributed by atoms with Gasteiger partial charge in [-0.1, -0.05) is 6.42 Å². The van der Waals surface area contributed by atoms with Gasteiger partial charge in [0.1, 0.15) is 30.2 Å². The summed E-state index contributed by atoms with van der Waals surface area (Å²) >= 11 is 3.97. The van der Waals surface area contributed by atoms with Crippen molar-refractivity contribution in [1.29, 1.82) is 0 Å². The van der Waals surface area contributed by atoms with Crippen LogP contribution in [-0.2, 0) is 28.8 Å². The third-order valence-corrected chi connectivity index (χ3v) is 8.02. The molecule has 0 aliphatic carbocycles. The number of unbranched alkanes of at least 4 members (excludes halogenated alkanes) is 4. The number of aliphatic hydroxyl groups is 1. The zero-order chi connectivity index (χ0) is 37.2. The number of carboxylic acids is 1. The van der Waals surface area contributed by atoms with Crippen LogP contribution in [0.25, 0.3) is 0 Å². The molecule has 0 aliphatic rings. The van der Waals surface area contributed by atoms with Crippen LogP contribution in [0.2, 0.25) is 0 Å². The second-order valence-electron chi connectivity index (χ2n) is 11.8. The lowest BCUT2D eigenvalue weighted by Crippen LogP contribution is -2.59. The summed E-state index contributed by atoms with van der Waals surface area (Å²) in [6.07, 6.45) is 4.94. The van der Waals surface area contributed by atoms with E-state index in [9.17, 15) is 39.0 Å². The third-order valence-electron chi connectivity index (χ3n) is 7.66. The molecule has 5 amide bonds. The highest BCUT2D eigenvalue weighted by Gasteiger charge is 2.32. The van der Waals surface area contributed by atoms with E-state index in [1.165, 1.54) is 0 Å². The SMILES string of the molecule is NCCCC[C@H](NC(=O)[C@H](CCCCN)NC(=O)[C@H](CCCCN)NC(=O)[C@H](CO)NC(=O)[C@@H](N)CCCCN)C(=O)N[C@@H](CS)C(=O)O. The van der Waals surface area contributed by atoms with Crippen LogP contribution in [0, 0.1) is 0 Å². The molecule has 0 aromatic rings. The number of carbonyl (C=O) groups is 6. The van der Waals surface area contributed by atoms with Crippen LogP contribution < -0.4 is 55.3 Å². The molecule has 17 N–H and O–H groups in total. The molecule has 0 rings (SSSR count). The van der Waals surface area contributed by atoms with Gasteiger partial charge in [0.25, 0.3) is 0 Å². The van der Waals surface area contributed by atoms with Gasteiger partial charge < -0.3 is 65.5 Å². The molecule has 284 valence electrons. The molecular weight excluding hydrogens is 660 g/mol. The van der Waals surface area contributed by atoms with Gasteiger partial charge >= 0.3 is 5.97 Å². The van der Waals surface area contributed by atoms with E-state index in [1.807, 2.05) is 0 Å². The molecule has 18 nitrogen and oxygen atoms in total. The number of rotatable bonds is 29. The Hall–Kier alpha value is -3.07. The van der Waals surface area contributed by atoms with Gasteiger partial charge in [-0.2, -0.15) is 12.6 Å². The molecule has 0 unspecified atom stereocenters. The molecule has 19 heteroatoms. The van der Waals surface area contributed by atoms with Crippen LogP contribution in [0.4, 0.5) is 0 Å². The molecule has 0 aromatic carbocycles. The topological polar surface area (TPSA) is 333 Å². The van der Waals surface area contributed by atoms with E-state index in [2.05, 4.69) is 39.2 Å². The van der Waals surface area contributed by atoms with Crippen molar-refractivity contribution < 1.29 is 39.0 Å². The quantitative estimate of drug-likeness (QED) is 0.0261. The van der Waals surface area contributed by atoms with E-state index in [0.717, 1.165) is 0 Å². The van der Waals surface area contributed by atoms with E-state index in [1.54, 1.807) is 0 Å². The molecule has 0 saturated heterocycles. The van der Waals surface area contributed by atoms with Crippen molar-refractivity contribution >= 4 is 48.1 Å². The van der Waals surface area contributed by atoms with Crippen molar-refractivity contribution in [3.05, 3.63) is 0 Å². The van der Waals surface area contributed by atoms with Crippen LogP contribution >= 0.6 is 12.6 Å². The number of nitrogens with one attached hydrogen (secondary N) is 5. The Morgan fingerprint density at radius 2 is 0.796 bits per heavy atom. The van der Waals surface area contributed by atoms with E-state index in [0.29, 0.717) is 84.0 Å². The minimum Gasteiger partial charge on any atom is -0.480 e. The summed E-state index contributed by atoms with van der Waals surface area (Å²) in [5.74, 6) is -5.11. The highest BCUT2D eigenvalue weighted by Crippen LogP contribution is 2.09. The van der Waals surface area contributed by atoms with Gasteiger partial charge in [0, 0.05) is 5.75 Å². The maximum Gasteiger partial charge on any atom is 0.327 e. The number of aliphatic hydroxyl groups excluding tert-OH is 1. The first kappa shape index (κ1) is 45.9. The summed E-state index contributed by atoms with van der Waals surface area (Å²) in [7, 11) is 0. The summed E-state index contributed by atoms with van der Waals surface area (Å²) in [5.41, 5.74) is 28.2. The van der Waals surface area contributed by atoms with Crippen molar-refractivity contribution in [2.45, 2.75) is 113 Å². The van der Waals surface area contributed by atoms with Gasteiger partial charge in [-0.3, -0.25) is 24.0 Å². The van der Waals surface area contributed by atoms with E-state index >= 15 is 0 Å². The van der Waals surface area contributed by atoms with Crippen LogP contribution in [0.5, 0.6) is 0 Å². The zero-order valence-corrected chi connectivity index (χ0v) is 29.3. The highest BCUT2D eigenvalue weighted by molar-refractivity contribution is 7.80. The van der Waals surface area contributed by atoms with Crippen molar-refractivity contribution in [2.75, 3.05) is 38.5 Å². The Kier molecular flexibility index (Phi) is 26.0. The lowest BCUT2D eigenvalue weighted by molar-refractivity contribution is -0.141. The van der Waals surface area contributed by atoms with E-state index < -0.39 is 78.4 Å². The number of thiol groups is 1. The first-order valence-electron chi connectivity index (χ1n) is 16.9. The molecule has 0 saturated carbocycles. The third kappa shape index (κ3) is 19.6. The van der Waals surface area contributed by atoms with Gasteiger partial charge in [0.15, 0.2) is 0 Å². The van der Waals surface area contributed by atoms with Gasteiger partial charge in [0.05, 0.1) is 12.6 Å². The van der Waals surface area contributed by atoms with Crippen molar-refractivity contribution in [3.63, 3.8) is 0 Å². The normalized spacial score (nSPS) is 14.8. The average Bonchev–Trinajstić information content (AvgIpc) is 3.07. The number of hydrogen-bond acceptors (Lipinski definition) is 13. The lowest BCUT2D eigenvalue weighted by Gasteiger charge is -2.27. The molecule has 6 atom stereocenters. The van der Waals surface area contributed by atoms with Crippen LogP contribution in [0.1, 0.15) is 77.0 Å². The standard InChI is InChI=1S/C30H60N10O8S/c31-13-5-1-9-19(35)25(42)39-23(17-41)29(46)38-21(11-3-7-15-33)27(44)36-20(10-2-6-14-32)26(43)37-22(12-4-8-16-34)28(45)40-24(18-49)30(47)48/h19-24,41,49H,1-18,31-35H2,(H,36,44)(H,37,43)(H,38,46)(H,39,42)(H,40,45)(H,47,48)/t19-,20-,21-,22-,23-,24-/m0/s1. The van der Waals surface area contributed by atoms with Crippen LogP contribution in [0.15, 0.2) is 0 Å². The summed E-state index contributed by atoms with van der Waals surface area (Å²) < 4.78 is 0. The zero-order valence-electron chi connectivity index (χ0n) is 28.4. The first-order valence-corrected chi connectivity index (χ1v) is 17.6. The molecule has 0 radical (unpaired) electrons. The smallest absolute Gasteiger partial charge is 0.327 e. The Bertz CT molecular complexity index is 1010. The fourth-order valence-electron chi connectivity index (χ4n) is 4.67. The molecule has 0 aromatic heterocycles. The fourth-order valence-corrected chi connectivity index (χ4v) is 4.92. The number of carboxylic acid groups (broad SMARTS) is 1. The number of hydrogen-bond donors (Lipinski definition) is 13. The monoisotopic (exact) mass is 720 g/mol. The molecular formula is C30H60N10O8S. The van der Waals surface area contributed by atoms with Crippen LogP contribution in [0.3, 0.4) is 0 Å². The summed E-state index contributed by atoms with van der Waals surface area (Å²) in [6.45, 7) is 0.669. The first-order chi connectivity index (χ1) is 23.4. The van der Waals surface area contributed by atoms with E-state index in [-0.39, 0.29) is 25.0 Å². The van der Waals surface area contributed by atoms with E-state index in [4.69, 9.17) is 28.7 Å². The summed E-state index contributed by atoms with van der Waals surface area (Å²) in [4.78, 5) is 77.3. The number of nitrogens with two attached hydrogens (primary N) is 5. The summed E-state index contributed by atoms with van der Waals surface area (Å²) in [5, 5.41) is 31.8. The Morgan fingerprint density at radius 3 is 1.10 bits per heavy atom. The van der Waals surface area contributed by atoms with Gasteiger partial charge in [-0.05, 0) is 96.8 Å². The van der Waals surface area contributed by atoms with Gasteiger partial charge in [-0.25, -0.2) is 4.79 Å². The predicted octanol–water partition coefficient (Wildman–Crippen LogP) is -3.74. The molecule has 49 heavy (non-hydrogen) atoms. The second-order valence-corrected chi connectivity index (χ2v) is 12.1. The maximum absolute atomic E-state index is 13.6. The molecule has 0 spiro atoms. The predicted molar refractivity (Wildman–Crippen MR) is 188 cm³/mol. The Labute approximate surface area is 293 Å². The van der Waals surface area contributed by atoms with Crippen LogP contribution in [-0.4, -0.2) is 121 Å². The molecule has 0 aliphatic heterocycles.